The molecule has 0 aliphatic rings. The van der Waals surface area contributed by atoms with Crippen molar-refractivity contribution >= 4 is 5.91 Å². The molecule has 1 rings (SSSR count). The summed E-state index contributed by atoms with van der Waals surface area (Å²) in [4.78, 5) is 11.4. The van der Waals surface area contributed by atoms with E-state index in [-0.39, 0.29) is 12.5 Å². The smallest absolute Gasteiger partial charge is 0.234 e. The van der Waals surface area contributed by atoms with E-state index in [1.54, 1.807) is 6.08 Å². The van der Waals surface area contributed by atoms with E-state index in [0.717, 1.165) is 17.0 Å². The van der Waals surface area contributed by atoms with E-state index in [0.29, 0.717) is 13.1 Å². The lowest BCUT2D eigenvalue weighted by Crippen LogP contribution is -2.33. The molecule has 1 heterocycles. The molecule has 0 saturated heterocycles. The Kier molecular flexibility index (Phi) is 4.72. The second kappa shape index (κ2) is 6.07. The molecule has 1 aromatic rings. The lowest BCUT2D eigenvalue weighted by atomic mass is 10.2. The van der Waals surface area contributed by atoms with Crippen LogP contribution in [0.25, 0.3) is 0 Å². The number of nitrogens with zero attached hydrogens (tertiary/aromatic N) is 1. The second-order valence-electron chi connectivity index (χ2n) is 3.50. The number of aryl methyl sites for hydroxylation is 2. The van der Waals surface area contributed by atoms with Crippen LogP contribution in [-0.4, -0.2) is 24.2 Å². The van der Waals surface area contributed by atoms with E-state index in [1.165, 1.54) is 0 Å². The van der Waals surface area contributed by atoms with Gasteiger partial charge in [0.25, 0.3) is 0 Å². The minimum atomic E-state index is -0.0538. The minimum absolute atomic E-state index is 0.0538. The van der Waals surface area contributed by atoms with E-state index >= 15 is 0 Å². The maximum absolute atomic E-state index is 11.4. The predicted molar refractivity (Wildman–Crippen MR) is 60.9 cm³/mol. The lowest BCUT2D eigenvalue weighted by molar-refractivity contribution is -0.120. The highest BCUT2D eigenvalue weighted by molar-refractivity contribution is 5.78. The molecule has 0 unspecified atom stereocenters. The fourth-order valence-electron chi connectivity index (χ4n) is 1.29. The normalized spacial score (nSPS) is 10.1. The number of carbonyl (C=O) groups excluding carboxylic acids is 1. The van der Waals surface area contributed by atoms with Gasteiger partial charge in [-0.1, -0.05) is 11.2 Å². The first-order chi connectivity index (χ1) is 7.65. The molecular weight excluding hydrogens is 206 g/mol. The van der Waals surface area contributed by atoms with Gasteiger partial charge in [0.05, 0.1) is 12.2 Å². The van der Waals surface area contributed by atoms with E-state index in [2.05, 4.69) is 22.4 Å². The van der Waals surface area contributed by atoms with Crippen molar-refractivity contribution < 1.29 is 9.32 Å². The number of rotatable bonds is 6. The first kappa shape index (κ1) is 12.4. The van der Waals surface area contributed by atoms with Crippen molar-refractivity contribution in [3.05, 3.63) is 29.7 Å². The third-order valence-corrected chi connectivity index (χ3v) is 2.22. The van der Waals surface area contributed by atoms with Crippen LogP contribution in [0.4, 0.5) is 0 Å². The van der Waals surface area contributed by atoms with E-state index in [1.807, 2.05) is 13.8 Å². The predicted octanol–water partition coefficient (Wildman–Crippen LogP) is 0.683. The molecule has 1 amide bonds. The van der Waals surface area contributed by atoms with Gasteiger partial charge in [-0.25, -0.2) is 0 Å². The number of amides is 1. The second-order valence-corrected chi connectivity index (χ2v) is 3.50. The number of carbonyl (C=O) groups is 1. The molecule has 88 valence electrons. The maximum atomic E-state index is 11.4. The SMILES string of the molecule is C=CCNCC(=O)NCc1c(C)noc1C. The topological polar surface area (TPSA) is 67.2 Å². The van der Waals surface area contributed by atoms with Crippen LogP contribution in [-0.2, 0) is 11.3 Å². The zero-order chi connectivity index (χ0) is 12.0. The van der Waals surface area contributed by atoms with Crippen LogP contribution in [0.15, 0.2) is 17.2 Å². The first-order valence-electron chi connectivity index (χ1n) is 5.15. The van der Waals surface area contributed by atoms with Gasteiger partial charge in [-0.15, -0.1) is 6.58 Å². The fraction of sp³-hybridized carbons (Fsp3) is 0.455. The summed E-state index contributed by atoms with van der Waals surface area (Å²) in [5, 5.41) is 9.53. The van der Waals surface area contributed by atoms with Crippen LogP contribution in [0.1, 0.15) is 17.0 Å². The minimum Gasteiger partial charge on any atom is -0.361 e. The summed E-state index contributed by atoms with van der Waals surface area (Å²) >= 11 is 0. The van der Waals surface area contributed by atoms with Crippen LogP contribution in [0.3, 0.4) is 0 Å². The summed E-state index contributed by atoms with van der Waals surface area (Å²) in [6.45, 7) is 8.60. The van der Waals surface area contributed by atoms with Crippen LogP contribution in [0, 0.1) is 13.8 Å². The zero-order valence-corrected chi connectivity index (χ0v) is 9.67. The Hall–Kier alpha value is -1.62. The number of aromatic nitrogens is 1. The van der Waals surface area contributed by atoms with Crippen molar-refractivity contribution in [1.29, 1.82) is 0 Å². The molecule has 0 spiro atoms. The average Bonchev–Trinajstić information content (AvgIpc) is 2.57. The molecule has 0 aliphatic heterocycles. The Morgan fingerprint density at radius 1 is 1.56 bits per heavy atom. The lowest BCUT2D eigenvalue weighted by Gasteiger charge is -2.04. The van der Waals surface area contributed by atoms with E-state index in [9.17, 15) is 4.79 Å². The molecule has 0 saturated carbocycles. The third kappa shape index (κ3) is 3.51. The molecule has 1 aromatic heterocycles. The summed E-state index contributed by atoms with van der Waals surface area (Å²) in [6.07, 6.45) is 1.71. The van der Waals surface area contributed by atoms with Crippen molar-refractivity contribution in [2.45, 2.75) is 20.4 Å². The van der Waals surface area contributed by atoms with E-state index in [4.69, 9.17) is 4.52 Å². The van der Waals surface area contributed by atoms with Crippen LogP contribution in [0.2, 0.25) is 0 Å². The molecule has 5 nitrogen and oxygen atoms in total. The molecule has 0 fully saturated rings. The molecule has 2 N–H and O–H groups in total. The Labute approximate surface area is 94.9 Å². The Bertz CT molecular complexity index is 352. The summed E-state index contributed by atoms with van der Waals surface area (Å²) < 4.78 is 5.00. The summed E-state index contributed by atoms with van der Waals surface area (Å²) in [6, 6.07) is 0. The van der Waals surface area contributed by atoms with Gasteiger partial charge >= 0.3 is 0 Å². The summed E-state index contributed by atoms with van der Waals surface area (Å²) in [5.74, 6) is 0.693. The van der Waals surface area contributed by atoms with Gasteiger partial charge in [-0.2, -0.15) is 0 Å². The molecule has 0 atom stereocenters. The van der Waals surface area contributed by atoms with Gasteiger partial charge in [0.2, 0.25) is 5.91 Å². The molecule has 0 aliphatic carbocycles. The molecule has 5 heteroatoms. The van der Waals surface area contributed by atoms with Gasteiger partial charge in [0, 0.05) is 18.7 Å². The highest BCUT2D eigenvalue weighted by Crippen LogP contribution is 2.10. The monoisotopic (exact) mass is 223 g/mol. The fourth-order valence-corrected chi connectivity index (χ4v) is 1.29. The molecular formula is C11H17N3O2. The summed E-state index contributed by atoms with van der Waals surface area (Å²) in [7, 11) is 0. The molecule has 0 bridgehead atoms. The van der Waals surface area contributed by atoms with Gasteiger partial charge in [0.15, 0.2) is 0 Å². The first-order valence-corrected chi connectivity index (χ1v) is 5.15. The zero-order valence-electron chi connectivity index (χ0n) is 9.67. The third-order valence-electron chi connectivity index (χ3n) is 2.22. The van der Waals surface area contributed by atoms with Gasteiger partial charge in [-0.05, 0) is 13.8 Å². The Morgan fingerprint density at radius 3 is 2.88 bits per heavy atom. The van der Waals surface area contributed by atoms with Gasteiger partial charge in [0.1, 0.15) is 5.76 Å². The van der Waals surface area contributed by atoms with Crippen molar-refractivity contribution in [2.24, 2.45) is 0 Å². The van der Waals surface area contributed by atoms with Crippen LogP contribution in [0.5, 0.6) is 0 Å². The van der Waals surface area contributed by atoms with Crippen molar-refractivity contribution in [1.82, 2.24) is 15.8 Å². The van der Waals surface area contributed by atoms with Crippen molar-refractivity contribution in [3.8, 4) is 0 Å². The summed E-state index contributed by atoms with van der Waals surface area (Å²) in [5.41, 5.74) is 1.76. The van der Waals surface area contributed by atoms with Crippen LogP contribution < -0.4 is 10.6 Å². The van der Waals surface area contributed by atoms with Gasteiger partial charge in [-0.3, -0.25) is 4.79 Å². The quantitative estimate of drug-likeness (QED) is 0.550. The largest absolute Gasteiger partial charge is 0.361 e. The van der Waals surface area contributed by atoms with Crippen molar-refractivity contribution in [2.75, 3.05) is 13.1 Å². The molecule has 0 aromatic carbocycles. The molecule has 0 radical (unpaired) electrons. The number of hydrogen-bond acceptors (Lipinski definition) is 4. The highest BCUT2D eigenvalue weighted by atomic mass is 16.5. The Balaban J connectivity index is 2.34. The number of nitrogens with one attached hydrogen (secondary N) is 2. The molecule has 16 heavy (non-hydrogen) atoms. The van der Waals surface area contributed by atoms with Crippen LogP contribution >= 0.6 is 0 Å². The Morgan fingerprint density at radius 2 is 2.31 bits per heavy atom. The van der Waals surface area contributed by atoms with E-state index < -0.39 is 0 Å². The average molecular weight is 223 g/mol. The van der Waals surface area contributed by atoms with Gasteiger partial charge < -0.3 is 15.2 Å². The van der Waals surface area contributed by atoms with Crippen molar-refractivity contribution in [3.63, 3.8) is 0 Å². The maximum Gasteiger partial charge on any atom is 0.234 e. The highest BCUT2D eigenvalue weighted by Gasteiger charge is 2.09. The number of hydrogen-bond donors (Lipinski definition) is 2. The standard InChI is InChI=1S/C11H17N3O2/c1-4-5-12-7-11(15)13-6-10-8(2)14-16-9(10)3/h4,12H,1,5-7H2,2-3H3,(H,13,15).